The number of rotatable bonds is 9. The van der Waals surface area contributed by atoms with Crippen molar-refractivity contribution in [1.82, 2.24) is 10.6 Å². The molecule has 4 nitrogen and oxygen atoms in total. The van der Waals surface area contributed by atoms with Crippen molar-refractivity contribution < 1.29 is 9.59 Å². The normalized spacial score (nSPS) is 10.2. The van der Waals surface area contributed by atoms with Gasteiger partial charge < -0.3 is 10.6 Å². The highest BCUT2D eigenvalue weighted by Crippen LogP contribution is 2.05. The number of nitrogens with one attached hydrogen (secondary N) is 2. The highest BCUT2D eigenvalue weighted by molar-refractivity contribution is 7.08. The average molecular weight is 282 g/mol. The van der Waals surface area contributed by atoms with Crippen LogP contribution in [-0.2, 0) is 4.79 Å². The van der Waals surface area contributed by atoms with Gasteiger partial charge in [-0.05, 0) is 17.9 Å². The molecular formula is C14H22N2O2S. The Hall–Kier alpha value is -1.36. The van der Waals surface area contributed by atoms with Crippen LogP contribution in [0.15, 0.2) is 16.8 Å². The van der Waals surface area contributed by atoms with E-state index >= 15 is 0 Å². The highest BCUT2D eigenvalue weighted by atomic mass is 32.1. The molecule has 1 heterocycles. The molecule has 0 spiro atoms. The van der Waals surface area contributed by atoms with Crippen LogP contribution in [0.2, 0.25) is 0 Å². The summed E-state index contributed by atoms with van der Waals surface area (Å²) in [5.74, 6) is -0.112. The molecule has 1 aromatic rings. The fraction of sp³-hybridized carbons (Fsp3) is 0.571. The Morgan fingerprint density at radius 3 is 2.68 bits per heavy atom. The first-order chi connectivity index (χ1) is 9.24. The van der Waals surface area contributed by atoms with E-state index in [9.17, 15) is 9.59 Å². The minimum absolute atomic E-state index is 0.00196. The molecule has 5 heteroatoms. The molecule has 0 aromatic carbocycles. The quantitative estimate of drug-likeness (QED) is 0.684. The predicted molar refractivity (Wildman–Crippen MR) is 78.4 cm³/mol. The molecule has 106 valence electrons. The Morgan fingerprint density at radius 2 is 2.00 bits per heavy atom. The smallest absolute Gasteiger partial charge is 0.252 e. The van der Waals surface area contributed by atoms with Gasteiger partial charge in [-0.3, -0.25) is 9.59 Å². The van der Waals surface area contributed by atoms with Crippen molar-refractivity contribution in [1.29, 1.82) is 0 Å². The summed E-state index contributed by atoms with van der Waals surface area (Å²) in [6.07, 6.45) is 4.94. The first kappa shape index (κ1) is 15.7. The third-order valence-corrected chi connectivity index (χ3v) is 3.46. The van der Waals surface area contributed by atoms with E-state index in [1.165, 1.54) is 24.2 Å². The Morgan fingerprint density at radius 1 is 1.16 bits per heavy atom. The topological polar surface area (TPSA) is 58.2 Å². The lowest BCUT2D eigenvalue weighted by molar-refractivity contribution is -0.120. The average Bonchev–Trinajstić information content (AvgIpc) is 2.92. The molecule has 1 rings (SSSR count). The van der Waals surface area contributed by atoms with Crippen LogP contribution in [0.1, 0.15) is 49.4 Å². The first-order valence-electron chi connectivity index (χ1n) is 6.81. The summed E-state index contributed by atoms with van der Waals surface area (Å²) < 4.78 is 0. The fourth-order valence-corrected chi connectivity index (χ4v) is 2.29. The van der Waals surface area contributed by atoms with E-state index in [0.29, 0.717) is 18.5 Å². The summed E-state index contributed by atoms with van der Waals surface area (Å²) in [6, 6.07) is 1.77. The molecule has 0 fully saturated rings. The molecule has 0 aliphatic carbocycles. The number of hydrogen-bond acceptors (Lipinski definition) is 3. The lowest BCUT2D eigenvalue weighted by Gasteiger charge is -2.06. The monoisotopic (exact) mass is 282 g/mol. The highest BCUT2D eigenvalue weighted by Gasteiger charge is 2.06. The molecule has 2 amide bonds. The Balaban J connectivity index is 2.02. The second-order valence-corrected chi connectivity index (χ2v) is 5.21. The van der Waals surface area contributed by atoms with Crippen LogP contribution in [-0.4, -0.2) is 24.9 Å². The maximum atomic E-state index is 11.6. The van der Waals surface area contributed by atoms with Gasteiger partial charge in [0.05, 0.1) is 0 Å². The third kappa shape index (κ3) is 6.96. The van der Waals surface area contributed by atoms with E-state index in [0.717, 1.165) is 19.4 Å². The van der Waals surface area contributed by atoms with Crippen molar-refractivity contribution >= 4 is 23.2 Å². The van der Waals surface area contributed by atoms with Crippen molar-refractivity contribution in [3.63, 3.8) is 0 Å². The molecule has 0 aliphatic rings. The van der Waals surface area contributed by atoms with Crippen LogP contribution >= 0.6 is 11.3 Å². The van der Waals surface area contributed by atoms with Crippen molar-refractivity contribution in [2.45, 2.75) is 39.0 Å². The second kappa shape index (κ2) is 9.55. The molecular weight excluding hydrogens is 260 g/mol. The van der Waals surface area contributed by atoms with Gasteiger partial charge in [0.1, 0.15) is 0 Å². The fourth-order valence-electron chi connectivity index (χ4n) is 1.65. The summed E-state index contributed by atoms with van der Waals surface area (Å²) in [7, 11) is 0. The maximum Gasteiger partial charge on any atom is 0.252 e. The van der Waals surface area contributed by atoms with Gasteiger partial charge in [-0.1, -0.05) is 26.2 Å². The Bertz CT molecular complexity index is 377. The first-order valence-corrected chi connectivity index (χ1v) is 7.75. The summed E-state index contributed by atoms with van der Waals surface area (Å²) in [4.78, 5) is 23.1. The molecule has 0 radical (unpaired) electrons. The van der Waals surface area contributed by atoms with E-state index in [1.807, 2.05) is 5.38 Å². The number of thiophene rings is 1. The van der Waals surface area contributed by atoms with Gasteiger partial charge in [0.15, 0.2) is 0 Å². The minimum Gasteiger partial charge on any atom is -0.356 e. The number of carbonyl (C=O) groups excluding carboxylic acids is 2. The maximum absolute atomic E-state index is 11.6. The van der Waals surface area contributed by atoms with Crippen LogP contribution in [0.25, 0.3) is 0 Å². The number of hydrogen-bond donors (Lipinski definition) is 2. The predicted octanol–water partition coefficient (Wildman–Crippen LogP) is 2.56. The van der Waals surface area contributed by atoms with Gasteiger partial charge in [-0.15, -0.1) is 0 Å². The summed E-state index contributed by atoms with van der Waals surface area (Å²) in [5, 5.41) is 9.25. The second-order valence-electron chi connectivity index (χ2n) is 4.43. The summed E-state index contributed by atoms with van der Waals surface area (Å²) >= 11 is 1.49. The molecule has 0 aliphatic heterocycles. The van der Waals surface area contributed by atoms with Crippen molar-refractivity contribution in [3.05, 3.63) is 22.4 Å². The summed E-state index contributed by atoms with van der Waals surface area (Å²) in [5.41, 5.74) is 0.657. The third-order valence-electron chi connectivity index (χ3n) is 2.77. The summed E-state index contributed by atoms with van der Waals surface area (Å²) in [6.45, 7) is 3.28. The van der Waals surface area contributed by atoms with Crippen LogP contribution in [0.4, 0.5) is 0 Å². The standard InChI is InChI=1S/C14H22N2O2S/c1-2-3-4-5-8-15-13(17)6-9-16-14(18)12-7-10-19-11-12/h7,10-11H,2-6,8-9H2,1H3,(H,15,17)(H,16,18). The molecule has 1 aromatic heterocycles. The van der Waals surface area contributed by atoms with Crippen molar-refractivity contribution in [3.8, 4) is 0 Å². The van der Waals surface area contributed by atoms with Gasteiger partial charge in [0, 0.05) is 30.5 Å². The number of amides is 2. The number of unbranched alkanes of at least 4 members (excludes halogenated alkanes) is 3. The van der Waals surface area contributed by atoms with E-state index in [1.54, 1.807) is 11.4 Å². The van der Waals surface area contributed by atoms with Crippen LogP contribution < -0.4 is 10.6 Å². The molecule has 0 saturated heterocycles. The Labute approximate surface area is 118 Å². The van der Waals surface area contributed by atoms with Crippen LogP contribution in [0.5, 0.6) is 0 Å². The lowest BCUT2D eigenvalue weighted by atomic mass is 10.2. The van der Waals surface area contributed by atoms with Crippen molar-refractivity contribution in [2.24, 2.45) is 0 Å². The minimum atomic E-state index is -0.114. The van der Waals surface area contributed by atoms with Crippen LogP contribution in [0, 0.1) is 0 Å². The van der Waals surface area contributed by atoms with Gasteiger partial charge in [0.2, 0.25) is 5.91 Å². The van der Waals surface area contributed by atoms with Gasteiger partial charge >= 0.3 is 0 Å². The molecule has 2 N–H and O–H groups in total. The lowest BCUT2D eigenvalue weighted by Crippen LogP contribution is -2.31. The Kier molecular flexibility index (Phi) is 7.89. The van der Waals surface area contributed by atoms with E-state index in [2.05, 4.69) is 17.6 Å². The van der Waals surface area contributed by atoms with Crippen LogP contribution in [0.3, 0.4) is 0 Å². The SMILES string of the molecule is CCCCCCNC(=O)CCNC(=O)c1ccsc1. The van der Waals surface area contributed by atoms with Gasteiger partial charge in [0.25, 0.3) is 5.91 Å². The van der Waals surface area contributed by atoms with Crippen molar-refractivity contribution in [2.75, 3.05) is 13.1 Å². The molecule has 0 bridgehead atoms. The van der Waals surface area contributed by atoms with Gasteiger partial charge in [-0.25, -0.2) is 0 Å². The van der Waals surface area contributed by atoms with E-state index in [-0.39, 0.29) is 11.8 Å². The number of carbonyl (C=O) groups is 2. The zero-order valence-electron chi connectivity index (χ0n) is 11.4. The van der Waals surface area contributed by atoms with E-state index in [4.69, 9.17) is 0 Å². The van der Waals surface area contributed by atoms with Gasteiger partial charge in [-0.2, -0.15) is 11.3 Å². The molecule has 0 atom stereocenters. The zero-order valence-corrected chi connectivity index (χ0v) is 12.2. The van der Waals surface area contributed by atoms with E-state index < -0.39 is 0 Å². The molecule has 19 heavy (non-hydrogen) atoms. The molecule has 0 saturated carbocycles. The zero-order chi connectivity index (χ0) is 13.9. The largest absolute Gasteiger partial charge is 0.356 e. The molecule has 0 unspecified atom stereocenters.